The van der Waals surface area contributed by atoms with Crippen LogP contribution >= 0.6 is 0 Å². The van der Waals surface area contributed by atoms with Gasteiger partial charge in [0.1, 0.15) is 0 Å². The summed E-state index contributed by atoms with van der Waals surface area (Å²) in [6, 6.07) is 0.757. The number of hydrogen-bond donors (Lipinski definition) is 2. The predicted molar refractivity (Wildman–Crippen MR) is 82.4 cm³/mol. The molecular formula is C16H31N3O. The molecule has 4 atom stereocenters. The second kappa shape index (κ2) is 7.41. The van der Waals surface area contributed by atoms with Crippen molar-refractivity contribution in [3.63, 3.8) is 0 Å². The van der Waals surface area contributed by atoms with Crippen LogP contribution in [0.1, 0.15) is 52.4 Å². The Morgan fingerprint density at radius 3 is 2.55 bits per heavy atom. The number of piperidine rings is 1. The zero-order chi connectivity index (χ0) is 14.5. The van der Waals surface area contributed by atoms with Gasteiger partial charge in [0.05, 0.1) is 6.54 Å². The van der Waals surface area contributed by atoms with Crippen molar-refractivity contribution in [2.75, 3.05) is 19.6 Å². The predicted octanol–water partition coefficient (Wildman–Crippen LogP) is 1.74. The van der Waals surface area contributed by atoms with E-state index in [1.807, 2.05) is 0 Å². The Morgan fingerprint density at radius 1 is 1.15 bits per heavy atom. The first kappa shape index (κ1) is 15.8. The Kier molecular flexibility index (Phi) is 5.85. The fourth-order valence-electron chi connectivity index (χ4n) is 3.88. The number of amides is 1. The quantitative estimate of drug-likeness (QED) is 0.825. The van der Waals surface area contributed by atoms with E-state index in [4.69, 9.17) is 5.73 Å². The van der Waals surface area contributed by atoms with Gasteiger partial charge in [0.2, 0.25) is 5.91 Å². The number of nitrogens with one attached hydrogen (secondary N) is 1. The van der Waals surface area contributed by atoms with Crippen molar-refractivity contribution in [2.24, 2.45) is 17.6 Å². The third-order valence-corrected chi connectivity index (χ3v) is 5.28. The van der Waals surface area contributed by atoms with Crippen molar-refractivity contribution < 1.29 is 4.79 Å². The van der Waals surface area contributed by atoms with Crippen LogP contribution in [0.25, 0.3) is 0 Å². The van der Waals surface area contributed by atoms with Crippen molar-refractivity contribution in [3.05, 3.63) is 0 Å². The fraction of sp³-hybridized carbons (Fsp3) is 0.938. The third kappa shape index (κ3) is 3.95. The van der Waals surface area contributed by atoms with E-state index in [1.54, 1.807) is 0 Å². The summed E-state index contributed by atoms with van der Waals surface area (Å²) in [4.78, 5) is 14.6. The molecule has 0 radical (unpaired) electrons. The zero-order valence-corrected chi connectivity index (χ0v) is 13.1. The number of carbonyl (C=O) groups excluding carboxylic acids is 1. The Balaban J connectivity index is 1.83. The first-order valence-corrected chi connectivity index (χ1v) is 8.35. The lowest BCUT2D eigenvalue weighted by Crippen LogP contribution is -2.53. The summed E-state index contributed by atoms with van der Waals surface area (Å²) < 4.78 is 0. The molecule has 0 aromatic heterocycles. The van der Waals surface area contributed by atoms with Gasteiger partial charge < -0.3 is 11.1 Å². The highest BCUT2D eigenvalue weighted by Crippen LogP contribution is 2.24. The SMILES string of the molecule is CC1CCCCC1NC(=O)CN1CCCC(C)C1CN. The number of likely N-dealkylation sites (tertiary alicyclic amines) is 1. The van der Waals surface area contributed by atoms with Gasteiger partial charge in [-0.2, -0.15) is 0 Å². The molecule has 4 unspecified atom stereocenters. The molecule has 1 aliphatic heterocycles. The number of rotatable bonds is 4. The van der Waals surface area contributed by atoms with Crippen molar-refractivity contribution in [2.45, 2.75) is 64.5 Å². The summed E-state index contributed by atoms with van der Waals surface area (Å²) in [5.74, 6) is 1.42. The molecule has 3 N–H and O–H groups in total. The second-order valence-corrected chi connectivity index (χ2v) is 6.83. The van der Waals surface area contributed by atoms with Crippen molar-refractivity contribution in [1.82, 2.24) is 10.2 Å². The molecule has 0 aromatic carbocycles. The molecule has 2 rings (SSSR count). The van der Waals surface area contributed by atoms with Gasteiger partial charge in [-0.1, -0.05) is 26.7 Å². The average molecular weight is 281 g/mol. The van der Waals surface area contributed by atoms with Gasteiger partial charge in [0, 0.05) is 18.6 Å². The lowest BCUT2D eigenvalue weighted by Gasteiger charge is -2.39. The van der Waals surface area contributed by atoms with E-state index in [2.05, 4.69) is 24.1 Å². The van der Waals surface area contributed by atoms with Crippen LogP contribution in [0.4, 0.5) is 0 Å². The van der Waals surface area contributed by atoms with Gasteiger partial charge >= 0.3 is 0 Å². The summed E-state index contributed by atoms with van der Waals surface area (Å²) in [5, 5.41) is 3.25. The molecule has 20 heavy (non-hydrogen) atoms. The normalized spacial score (nSPS) is 35.8. The van der Waals surface area contributed by atoms with Crippen LogP contribution in [-0.2, 0) is 4.79 Å². The van der Waals surface area contributed by atoms with E-state index in [1.165, 1.54) is 32.1 Å². The van der Waals surface area contributed by atoms with Crippen LogP contribution in [0.5, 0.6) is 0 Å². The van der Waals surface area contributed by atoms with Crippen molar-refractivity contribution >= 4 is 5.91 Å². The molecule has 1 amide bonds. The average Bonchev–Trinajstić information content (AvgIpc) is 2.42. The maximum Gasteiger partial charge on any atom is 0.234 e. The van der Waals surface area contributed by atoms with E-state index in [0.29, 0.717) is 37.0 Å². The van der Waals surface area contributed by atoms with Crippen LogP contribution < -0.4 is 11.1 Å². The standard InChI is InChI=1S/C16H31N3O/c1-12-6-3-4-8-14(12)18-16(20)11-19-9-5-7-13(2)15(19)10-17/h12-15H,3-11,17H2,1-2H3,(H,18,20). The second-order valence-electron chi connectivity index (χ2n) is 6.83. The lowest BCUT2D eigenvalue weighted by atomic mass is 9.86. The first-order chi connectivity index (χ1) is 9.61. The van der Waals surface area contributed by atoms with Crippen molar-refractivity contribution in [1.29, 1.82) is 0 Å². The maximum atomic E-state index is 12.3. The topological polar surface area (TPSA) is 58.4 Å². The minimum atomic E-state index is 0.191. The van der Waals surface area contributed by atoms with Crippen LogP contribution in [0, 0.1) is 11.8 Å². The Hall–Kier alpha value is -0.610. The largest absolute Gasteiger partial charge is 0.352 e. The smallest absolute Gasteiger partial charge is 0.234 e. The van der Waals surface area contributed by atoms with Crippen LogP contribution in [-0.4, -0.2) is 42.5 Å². The van der Waals surface area contributed by atoms with Crippen LogP contribution in [0.3, 0.4) is 0 Å². The number of nitrogens with zero attached hydrogens (tertiary/aromatic N) is 1. The molecule has 1 heterocycles. The van der Waals surface area contributed by atoms with E-state index < -0.39 is 0 Å². The lowest BCUT2D eigenvalue weighted by molar-refractivity contribution is -0.124. The molecule has 0 bridgehead atoms. The minimum Gasteiger partial charge on any atom is -0.352 e. The molecular weight excluding hydrogens is 250 g/mol. The molecule has 4 nitrogen and oxygen atoms in total. The van der Waals surface area contributed by atoms with Gasteiger partial charge in [0.25, 0.3) is 0 Å². The van der Waals surface area contributed by atoms with Gasteiger partial charge in [-0.05, 0) is 44.1 Å². The van der Waals surface area contributed by atoms with Crippen molar-refractivity contribution in [3.8, 4) is 0 Å². The number of nitrogens with two attached hydrogens (primary N) is 1. The molecule has 116 valence electrons. The van der Waals surface area contributed by atoms with Gasteiger partial charge in [-0.3, -0.25) is 9.69 Å². The molecule has 0 spiro atoms. The summed E-state index contributed by atoms with van der Waals surface area (Å²) in [6.07, 6.45) is 7.37. The molecule has 4 heteroatoms. The fourth-order valence-corrected chi connectivity index (χ4v) is 3.88. The molecule has 2 fully saturated rings. The number of hydrogen-bond acceptors (Lipinski definition) is 3. The molecule has 1 saturated heterocycles. The molecule has 1 saturated carbocycles. The first-order valence-electron chi connectivity index (χ1n) is 8.35. The highest BCUT2D eigenvalue weighted by Gasteiger charge is 2.29. The highest BCUT2D eigenvalue weighted by molar-refractivity contribution is 5.78. The Labute approximate surface area is 123 Å². The summed E-state index contributed by atoms with van der Waals surface area (Å²) in [5.41, 5.74) is 5.89. The highest BCUT2D eigenvalue weighted by atomic mass is 16.2. The zero-order valence-electron chi connectivity index (χ0n) is 13.1. The number of carbonyl (C=O) groups is 1. The van der Waals surface area contributed by atoms with E-state index in [9.17, 15) is 4.79 Å². The monoisotopic (exact) mass is 281 g/mol. The molecule has 1 aliphatic carbocycles. The summed E-state index contributed by atoms with van der Waals surface area (Å²) in [7, 11) is 0. The minimum absolute atomic E-state index is 0.191. The van der Waals surface area contributed by atoms with Gasteiger partial charge in [0.15, 0.2) is 0 Å². The van der Waals surface area contributed by atoms with Crippen LogP contribution in [0.15, 0.2) is 0 Å². The Bertz CT molecular complexity index is 321. The third-order valence-electron chi connectivity index (χ3n) is 5.28. The summed E-state index contributed by atoms with van der Waals surface area (Å²) >= 11 is 0. The van der Waals surface area contributed by atoms with E-state index in [-0.39, 0.29) is 5.91 Å². The molecule has 2 aliphatic rings. The molecule has 0 aromatic rings. The van der Waals surface area contributed by atoms with Gasteiger partial charge in [-0.15, -0.1) is 0 Å². The van der Waals surface area contributed by atoms with Gasteiger partial charge in [-0.25, -0.2) is 0 Å². The van der Waals surface area contributed by atoms with E-state index >= 15 is 0 Å². The Morgan fingerprint density at radius 2 is 1.85 bits per heavy atom. The van der Waals surface area contributed by atoms with E-state index in [0.717, 1.165) is 13.0 Å². The maximum absolute atomic E-state index is 12.3. The van der Waals surface area contributed by atoms with Crippen LogP contribution in [0.2, 0.25) is 0 Å². The summed E-state index contributed by atoms with van der Waals surface area (Å²) in [6.45, 7) is 6.71.